The fourth-order valence-corrected chi connectivity index (χ4v) is 4.71. The number of hydrogen-bond acceptors (Lipinski definition) is 3. The molecule has 0 spiro atoms. The molecule has 0 radical (unpaired) electrons. The number of carbonyl (C=O) groups excluding carboxylic acids is 1. The maximum absolute atomic E-state index is 13.4. The Hall–Kier alpha value is -3.38. The molecule has 1 heterocycles. The Kier molecular flexibility index (Phi) is 4.72. The van der Waals surface area contributed by atoms with Gasteiger partial charge in [0.05, 0.1) is 10.4 Å². The highest BCUT2D eigenvalue weighted by molar-refractivity contribution is 7.90. The van der Waals surface area contributed by atoms with Crippen molar-refractivity contribution in [2.24, 2.45) is 0 Å². The molecule has 0 unspecified atom stereocenters. The number of rotatable bonds is 4. The monoisotopic (exact) mass is 404 g/mol. The number of fused-ring (bicyclic) bond motifs is 1. The highest BCUT2D eigenvalue weighted by Crippen LogP contribution is 2.32. The van der Waals surface area contributed by atoms with Crippen LogP contribution in [-0.2, 0) is 10.0 Å². The summed E-state index contributed by atoms with van der Waals surface area (Å²) in [4.78, 5) is 13.7. The van der Waals surface area contributed by atoms with E-state index in [4.69, 9.17) is 0 Å². The van der Waals surface area contributed by atoms with Crippen molar-refractivity contribution in [3.05, 3.63) is 90.6 Å². The fourth-order valence-electron chi connectivity index (χ4n) is 3.34. The van der Waals surface area contributed by atoms with E-state index in [2.05, 4.69) is 0 Å². The Morgan fingerprint density at radius 1 is 0.828 bits per heavy atom. The first kappa shape index (κ1) is 19.0. The Balaban J connectivity index is 1.85. The minimum atomic E-state index is -3.82. The summed E-state index contributed by atoms with van der Waals surface area (Å²) in [7, 11) is -0.510. The smallest absolute Gasteiger partial charge is 0.268 e. The number of amides is 1. The van der Waals surface area contributed by atoms with E-state index in [1.807, 2.05) is 48.5 Å². The Bertz CT molecular complexity index is 1290. The predicted octanol–water partition coefficient (Wildman–Crippen LogP) is 4.25. The Morgan fingerprint density at radius 3 is 2.10 bits per heavy atom. The third-order valence-corrected chi connectivity index (χ3v) is 6.51. The molecule has 0 aliphatic carbocycles. The van der Waals surface area contributed by atoms with E-state index < -0.39 is 10.0 Å². The molecule has 0 saturated carbocycles. The van der Waals surface area contributed by atoms with Crippen LogP contribution in [0, 0.1) is 0 Å². The van der Waals surface area contributed by atoms with Crippen molar-refractivity contribution in [3.8, 4) is 11.1 Å². The zero-order valence-electron chi connectivity index (χ0n) is 16.1. The lowest BCUT2D eigenvalue weighted by Crippen LogP contribution is -2.21. The fraction of sp³-hybridized carbons (Fsp3) is 0.0870. The number of carbonyl (C=O) groups is 1. The van der Waals surface area contributed by atoms with Gasteiger partial charge in [-0.2, -0.15) is 0 Å². The molecule has 1 aromatic heterocycles. The van der Waals surface area contributed by atoms with E-state index in [1.165, 1.54) is 21.0 Å². The van der Waals surface area contributed by atoms with Gasteiger partial charge in [0.25, 0.3) is 15.9 Å². The molecule has 0 atom stereocenters. The van der Waals surface area contributed by atoms with Crippen molar-refractivity contribution in [3.63, 3.8) is 0 Å². The van der Waals surface area contributed by atoms with E-state index in [1.54, 1.807) is 38.5 Å². The van der Waals surface area contributed by atoms with E-state index in [0.717, 1.165) is 16.5 Å². The minimum Gasteiger partial charge on any atom is -0.345 e. The van der Waals surface area contributed by atoms with Crippen molar-refractivity contribution in [1.82, 2.24) is 8.87 Å². The first-order valence-electron chi connectivity index (χ1n) is 9.12. The van der Waals surface area contributed by atoms with E-state index >= 15 is 0 Å². The molecule has 0 aliphatic heterocycles. The van der Waals surface area contributed by atoms with Crippen LogP contribution in [0.25, 0.3) is 22.0 Å². The van der Waals surface area contributed by atoms with Crippen LogP contribution in [0.1, 0.15) is 10.4 Å². The Morgan fingerprint density at radius 2 is 1.45 bits per heavy atom. The average Bonchev–Trinajstić information content (AvgIpc) is 3.14. The zero-order chi connectivity index (χ0) is 20.6. The van der Waals surface area contributed by atoms with Crippen molar-refractivity contribution >= 4 is 26.8 Å². The van der Waals surface area contributed by atoms with Gasteiger partial charge in [0.1, 0.15) is 0 Å². The SMILES string of the molecule is CN(C)C(=O)c1ccc(S(=O)(=O)n2cc(-c3ccccc3)c3ccccc32)cc1. The van der Waals surface area contributed by atoms with Gasteiger partial charge >= 0.3 is 0 Å². The average molecular weight is 404 g/mol. The van der Waals surface area contributed by atoms with Crippen LogP contribution in [-0.4, -0.2) is 37.3 Å². The summed E-state index contributed by atoms with van der Waals surface area (Å²) in [5, 5.41) is 0.863. The first-order chi connectivity index (χ1) is 13.9. The molecule has 4 rings (SSSR count). The van der Waals surface area contributed by atoms with E-state index in [0.29, 0.717) is 11.1 Å². The van der Waals surface area contributed by atoms with Crippen LogP contribution in [0.5, 0.6) is 0 Å². The molecule has 0 fully saturated rings. The number of para-hydroxylation sites is 1. The third kappa shape index (κ3) is 3.32. The van der Waals surface area contributed by atoms with Gasteiger partial charge in [-0.15, -0.1) is 0 Å². The maximum Gasteiger partial charge on any atom is 0.268 e. The van der Waals surface area contributed by atoms with Gasteiger partial charge in [0.15, 0.2) is 0 Å². The highest BCUT2D eigenvalue weighted by atomic mass is 32.2. The van der Waals surface area contributed by atoms with Gasteiger partial charge in [-0.1, -0.05) is 48.5 Å². The van der Waals surface area contributed by atoms with Crippen LogP contribution in [0.15, 0.2) is 90.0 Å². The lowest BCUT2D eigenvalue weighted by molar-refractivity contribution is 0.0827. The van der Waals surface area contributed by atoms with Crippen molar-refractivity contribution in [2.45, 2.75) is 4.90 Å². The second-order valence-corrected chi connectivity index (χ2v) is 8.77. The van der Waals surface area contributed by atoms with Gasteiger partial charge in [0.2, 0.25) is 0 Å². The summed E-state index contributed by atoms with van der Waals surface area (Å²) < 4.78 is 28.1. The van der Waals surface area contributed by atoms with Crippen LogP contribution >= 0.6 is 0 Å². The summed E-state index contributed by atoms with van der Waals surface area (Å²) in [6, 6.07) is 23.2. The number of hydrogen-bond donors (Lipinski definition) is 0. The van der Waals surface area contributed by atoms with Crippen LogP contribution < -0.4 is 0 Å². The van der Waals surface area contributed by atoms with Gasteiger partial charge < -0.3 is 4.90 Å². The minimum absolute atomic E-state index is 0.133. The second-order valence-electron chi connectivity index (χ2n) is 6.95. The molecule has 29 heavy (non-hydrogen) atoms. The van der Waals surface area contributed by atoms with Crippen LogP contribution in [0.2, 0.25) is 0 Å². The first-order valence-corrected chi connectivity index (χ1v) is 10.6. The van der Waals surface area contributed by atoms with E-state index in [-0.39, 0.29) is 10.8 Å². The predicted molar refractivity (Wildman–Crippen MR) is 114 cm³/mol. The normalized spacial score (nSPS) is 11.5. The van der Waals surface area contributed by atoms with Crippen LogP contribution in [0.3, 0.4) is 0 Å². The quantitative estimate of drug-likeness (QED) is 0.511. The number of nitrogens with zero attached hydrogens (tertiary/aromatic N) is 2. The van der Waals surface area contributed by atoms with Gasteiger partial charge in [0, 0.05) is 36.8 Å². The highest BCUT2D eigenvalue weighted by Gasteiger charge is 2.22. The molecule has 5 nitrogen and oxygen atoms in total. The van der Waals surface area contributed by atoms with E-state index in [9.17, 15) is 13.2 Å². The lowest BCUT2D eigenvalue weighted by atomic mass is 10.1. The van der Waals surface area contributed by atoms with Crippen molar-refractivity contribution < 1.29 is 13.2 Å². The molecular formula is C23H20N2O3S. The van der Waals surface area contributed by atoms with Gasteiger partial charge in [-0.3, -0.25) is 4.79 Å². The molecule has 0 saturated heterocycles. The molecule has 6 heteroatoms. The molecule has 3 aromatic carbocycles. The summed E-state index contributed by atoms with van der Waals surface area (Å²) in [6.45, 7) is 0. The molecule has 0 bridgehead atoms. The van der Waals surface area contributed by atoms with Gasteiger partial charge in [-0.25, -0.2) is 12.4 Å². The molecule has 4 aromatic rings. The maximum atomic E-state index is 13.4. The molecule has 1 amide bonds. The summed E-state index contributed by atoms with van der Waals surface area (Å²) in [5.41, 5.74) is 2.85. The van der Waals surface area contributed by atoms with Gasteiger partial charge in [-0.05, 0) is 35.9 Å². The third-order valence-electron chi connectivity index (χ3n) is 4.83. The second kappa shape index (κ2) is 7.22. The molecule has 146 valence electrons. The Labute approximate surface area is 169 Å². The summed E-state index contributed by atoms with van der Waals surface area (Å²) in [5.74, 6) is -0.174. The molecular weight excluding hydrogens is 384 g/mol. The topological polar surface area (TPSA) is 59.4 Å². The summed E-state index contributed by atoms with van der Waals surface area (Å²) in [6.07, 6.45) is 1.66. The standard InChI is InChI=1S/C23H20N2O3S/c1-24(2)23(26)18-12-14-19(15-13-18)29(27,28)25-16-21(17-8-4-3-5-9-17)20-10-6-7-11-22(20)25/h3-16H,1-2H3. The lowest BCUT2D eigenvalue weighted by Gasteiger charge is -2.11. The number of aromatic nitrogens is 1. The molecule has 0 aliphatic rings. The summed E-state index contributed by atoms with van der Waals surface area (Å²) >= 11 is 0. The largest absolute Gasteiger partial charge is 0.345 e. The van der Waals surface area contributed by atoms with Crippen molar-refractivity contribution in [2.75, 3.05) is 14.1 Å². The molecule has 0 N–H and O–H groups in total. The van der Waals surface area contributed by atoms with Crippen molar-refractivity contribution in [1.29, 1.82) is 0 Å². The number of benzene rings is 3. The zero-order valence-corrected chi connectivity index (χ0v) is 16.9. The van der Waals surface area contributed by atoms with Crippen LogP contribution in [0.4, 0.5) is 0 Å².